The maximum Gasteiger partial charge on any atom is 0.416 e. The SMILES string of the molecule is FC(F)(F)c1cccc(OCC=CCCl)c1. The van der Waals surface area contributed by atoms with Crippen LogP contribution in [0.5, 0.6) is 5.75 Å². The average molecular weight is 251 g/mol. The molecule has 0 spiro atoms. The zero-order valence-electron chi connectivity index (χ0n) is 8.30. The molecule has 0 aromatic heterocycles. The fraction of sp³-hybridized carbons (Fsp3) is 0.273. The minimum absolute atomic E-state index is 0.189. The van der Waals surface area contributed by atoms with Gasteiger partial charge in [0.05, 0.1) is 5.56 Å². The molecule has 88 valence electrons. The van der Waals surface area contributed by atoms with Gasteiger partial charge in [-0.2, -0.15) is 13.2 Å². The molecule has 0 aliphatic carbocycles. The molecule has 0 aliphatic rings. The van der Waals surface area contributed by atoms with E-state index < -0.39 is 11.7 Å². The number of allylic oxidation sites excluding steroid dienone is 1. The molecule has 0 aliphatic heterocycles. The third kappa shape index (κ3) is 4.14. The Bertz CT molecular complexity index is 360. The maximum absolute atomic E-state index is 12.3. The molecule has 0 heterocycles. The first-order valence-electron chi connectivity index (χ1n) is 4.55. The van der Waals surface area contributed by atoms with E-state index in [-0.39, 0.29) is 12.4 Å². The van der Waals surface area contributed by atoms with Crippen LogP contribution >= 0.6 is 11.6 Å². The molecule has 0 N–H and O–H groups in total. The Morgan fingerprint density at radius 1 is 1.25 bits per heavy atom. The fourth-order valence-electron chi connectivity index (χ4n) is 1.04. The molecule has 16 heavy (non-hydrogen) atoms. The summed E-state index contributed by atoms with van der Waals surface area (Å²) in [5.74, 6) is 0.542. The second-order valence-corrected chi connectivity index (χ2v) is 3.27. The fourth-order valence-corrected chi connectivity index (χ4v) is 1.16. The van der Waals surface area contributed by atoms with Crippen LogP contribution in [0.15, 0.2) is 36.4 Å². The Labute approximate surface area is 96.5 Å². The molecular formula is C11H10ClF3O. The zero-order valence-corrected chi connectivity index (χ0v) is 9.05. The summed E-state index contributed by atoms with van der Waals surface area (Å²) in [7, 11) is 0. The van der Waals surface area contributed by atoms with Crippen molar-refractivity contribution in [1.82, 2.24) is 0 Å². The van der Waals surface area contributed by atoms with Gasteiger partial charge in [0, 0.05) is 5.88 Å². The molecule has 1 nitrogen and oxygen atoms in total. The van der Waals surface area contributed by atoms with Crippen molar-refractivity contribution in [2.45, 2.75) is 6.18 Å². The highest BCUT2D eigenvalue weighted by Crippen LogP contribution is 2.31. The van der Waals surface area contributed by atoms with Gasteiger partial charge in [-0.3, -0.25) is 0 Å². The topological polar surface area (TPSA) is 9.23 Å². The summed E-state index contributed by atoms with van der Waals surface area (Å²) in [5, 5.41) is 0. The summed E-state index contributed by atoms with van der Waals surface area (Å²) in [6.07, 6.45) is -1.03. The van der Waals surface area contributed by atoms with E-state index in [0.717, 1.165) is 12.1 Å². The van der Waals surface area contributed by atoms with Gasteiger partial charge in [-0.1, -0.05) is 18.2 Å². The van der Waals surface area contributed by atoms with Gasteiger partial charge >= 0.3 is 6.18 Å². The van der Waals surface area contributed by atoms with Crippen LogP contribution in [0, 0.1) is 0 Å². The number of benzene rings is 1. The lowest BCUT2D eigenvalue weighted by Crippen LogP contribution is -2.05. The van der Waals surface area contributed by atoms with E-state index in [0.29, 0.717) is 5.88 Å². The first-order valence-corrected chi connectivity index (χ1v) is 5.08. The lowest BCUT2D eigenvalue weighted by molar-refractivity contribution is -0.137. The summed E-state index contributed by atoms with van der Waals surface area (Å²) in [6, 6.07) is 4.75. The van der Waals surface area contributed by atoms with Gasteiger partial charge in [0.2, 0.25) is 0 Å². The van der Waals surface area contributed by atoms with Crippen molar-refractivity contribution in [3.8, 4) is 5.75 Å². The van der Waals surface area contributed by atoms with Crippen LogP contribution in [0.1, 0.15) is 5.56 Å². The largest absolute Gasteiger partial charge is 0.490 e. The van der Waals surface area contributed by atoms with Crippen LogP contribution in [-0.4, -0.2) is 12.5 Å². The Morgan fingerprint density at radius 3 is 2.62 bits per heavy atom. The quantitative estimate of drug-likeness (QED) is 0.582. The number of hydrogen-bond donors (Lipinski definition) is 0. The molecule has 5 heteroatoms. The first-order chi connectivity index (χ1) is 7.54. The Kier molecular flexibility index (Phi) is 4.68. The molecule has 0 fully saturated rings. The van der Waals surface area contributed by atoms with E-state index >= 15 is 0 Å². The van der Waals surface area contributed by atoms with Crippen LogP contribution in [-0.2, 0) is 6.18 Å². The zero-order chi connectivity index (χ0) is 12.0. The highest BCUT2D eigenvalue weighted by atomic mass is 35.5. The number of halogens is 4. The number of ether oxygens (including phenoxy) is 1. The third-order valence-corrected chi connectivity index (χ3v) is 1.94. The second kappa shape index (κ2) is 5.80. The molecule has 1 aromatic rings. The van der Waals surface area contributed by atoms with Crippen molar-refractivity contribution in [3.05, 3.63) is 42.0 Å². The predicted molar refractivity (Wildman–Crippen MR) is 56.8 cm³/mol. The minimum atomic E-state index is -4.34. The van der Waals surface area contributed by atoms with Gasteiger partial charge in [0.15, 0.2) is 0 Å². The summed E-state index contributed by atoms with van der Waals surface area (Å²) >= 11 is 5.38. The summed E-state index contributed by atoms with van der Waals surface area (Å²) in [5.41, 5.74) is -0.716. The Morgan fingerprint density at radius 2 is 2.00 bits per heavy atom. The Hall–Kier alpha value is -1.16. The summed E-state index contributed by atoms with van der Waals surface area (Å²) < 4.78 is 42.1. The van der Waals surface area contributed by atoms with Crippen LogP contribution in [0.25, 0.3) is 0 Å². The maximum atomic E-state index is 12.3. The Balaban J connectivity index is 2.65. The lowest BCUT2D eigenvalue weighted by atomic mass is 10.2. The number of hydrogen-bond acceptors (Lipinski definition) is 1. The summed E-state index contributed by atoms with van der Waals surface area (Å²) in [6.45, 7) is 0.202. The number of rotatable bonds is 4. The van der Waals surface area contributed by atoms with Gasteiger partial charge in [-0.25, -0.2) is 0 Å². The van der Waals surface area contributed by atoms with Crippen molar-refractivity contribution >= 4 is 11.6 Å². The van der Waals surface area contributed by atoms with Gasteiger partial charge in [0.1, 0.15) is 12.4 Å². The van der Waals surface area contributed by atoms with Gasteiger partial charge in [-0.15, -0.1) is 11.6 Å². The van der Waals surface area contributed by atoms with Crippen molar-refractivity contribution in [2.24, 2.45) is 0 Å². The van der Waals surface area contributed by atoms with Crippen molar-refractivity contribution < 1.29 is 17.9 Å². The average Bonchev–Trinajstić information content (AvgIpc) is 2.24. The molecule has 0 unspecified atom stereocenters. The molecule has 0 saturated carbocycles. The van der Waals surface area contributed by atoms with Crippen molar-refractivity contribution in [2.75, 3.05) is 12.5 Å². The third-order valence-electron chi connectivity index (χ3n) is 1.76. The number of alkyl halides is 4. The van der Waals surface area contributed by atoms with E-state index in [1.54, 1.807) is 12.2 Å². The molecule has 0 atom stereocenters. The lowest BCUT2D eigenvalue weighted by Gasteiger charge is -2.08. The van der Waals surface area contributed by atoms with Crippen LogP contribution < -0.4 is 4.74 Å². The van der Waals surface area contributed by atoms with E-state index in [1.165, 1.54) is 12.1 Å². The highest BCUT2D eigenvalue weighted by Gasteiger charge is 2.30. The van der Waals surface area contributed by atoms with E-state index in [4.69, 9.17) is 16.3 Å². The first kappa shape index (κ1) is 12.9. The van der Waals surface area contributed by atoms with Gasteiger partial charge in [0.25, 0.3) is 0 Å². The smallest absolute Gasteiger partial charge is 0.416 e. The summed E-state index contributed by atoms with van der Waals surface area (Å²) in [4.78, 5) is 0. The highest BCUT2D eigenvalue weighted by molar-refractivity contribution is 6.18. The molecule has 1 rings (SSSR count). The second-order valence-electron chi connectivity index (χ2n) is 2.96. The molecular weight excluding hydrogens is 241 g/mol. The monoisotopic (exact) mass is 250 g/mol. The minimum Gasteiger partial charge on any atom is -0.490 e. The van der Waals surface area contributed by atoms with Crippen molar-refractivity contribution in [3.63, 3.8) is 0 Å². The van der Waals surface area contributed by atoms with Crippen molar-refractivity contribution in [1.29, 1.82) is 0 Å². The standard InChI is InChI=1S/C11H10ClF3O/c12-6-1-2-7-16-10-5-3-4-9(8-10)11(13,14)15/h1-5,8H,6-7H2. The van der Waals surface area contributed by atoms with Gasteiger partial charge < -0.3 is 4.74 Å². The van der Waals surface area contributed by atoms with Gasteiger partial charge in [-0.05, 0) is 18.2 Å². The van der Waals surface area contributed by atoms with Crippen LogP contribution in [0.3, 0.4) is 0 Å². The van der Waals surface area contributed by atoms with Crippen LogP contribution in [0.2, 0.25) is 0 Å². The molecule has 1 aromatic carbocycles. The molecule has 0 amide bonds. The van der Waals surface area contributed by atoms with E-state index in [1.807, 2.05) is 0 Å². The molecule has 0 saturated heterocycles. The normalized spacial score (nSPS) is 12.0. The van der Waals surface area contributed by atoms with E-state index in [2.05, 4.69) is 0 Å². The van der Waals surface area contributed by atoms with Crippen LogP contribution in [0.4, 0.5) is 13.2 Å². The molecule has 0 bridgehead atoms. The van der Waals surface area contributed by atoms with E-state index in [9.17, 15) is 13.2 Å². The predicted octanol–water partition coefficient (Wildman–Crippen LogP) is 3.88. The molecule has 0 radical (unpaired) electrons.